The van der Waals surface area contributed by atoms with Gasteiger partial charge in [-0.1, -0.05) is 6.92 Å². The van der Waals surface area contributed by atoms with Crippen molar-refractivity contribution in [2.45, 2.75) is 20.3 Å². The van der Waals surface area contributed by atoms with Crippen LogP contribution < -0.4 is 0 Å². The molecule has 0 radical (unpaired) electrons. The van der Waals surface area contributed by atoms with Crippen LogP contribution in [0, 0.1) is 11.3 Å². The first-order chi connectivity index (χ1) is 7.58. The Balaban J connectivity index is 3.09. The number of benzene rings is 1. The van der Waals surface area contributed by atoms with Crippen molar-refractivity contribution in [1.82, 2.24) is 0 Å². The summed E-state index contributed by atoms with van der Waals surface area (Å²) in [4.78, 5) is 22.2. The summed E-state index contributed by atoms with van der Waals surface area (Å²) < 4.78 is 4.49. The van der Waals surface area contributed by atoms with Crippen molar-refractivity contribution in [1.29, 1.82) is 5.26 Å². The number of carbonyl (C=O) groups is 2. The molecule has 16 heavy (non-hydrogen) atoms. The molecule has 0 amide bonds. The Kier molecular flexibility index (Phi) is 3.78. The number of hydrogen-bond acceptors (Lipinski definition) is 4. The first-order valence-electron chi connectivity index (χ1n) is 4.84. The maximum absolute atomic E-state index is 11.5. The maximum atomic E-state index is 11.5. The molecule has 4 heteroatoms. The average molecular weight is 217 g/mol. The van der Waals surface area contributed by atoms with Crippen LogP contribution in [0.1, 0.15) is 35.3 Å². The van der Waals surface area contributed by atoms with E-state index in [0.717, 1.165) is 0 Å². The average Bonchev–Trinajstić information content (AvgIpc) is 2.27. The van der Waals surface area contributed by atoms with Crippen LogP contribution >= 0.6 is 0 Å². The van der Waals surface area contributed by atoms with Crippen LogP contribution in [0.25, 0.3) is 0 Å². The Morgan fingerprint density at radius 1 is 1.44 bits per heavy atom. The van der Waals surface area contributed by atoms with Gasteiger partial charge in [0.05, 0.1) is 17.2 Å². The van der Waals surface area contributed by atoms with Gasteiger partial charge in [0.1, 0.15) is 0 Å². The van der Waals surface area contributed by atoms with Crippen molar-refractivity contribution in [3.63, 3.8) is 0 Å². The number of hydrogen-bond donors (Lipinski definition) is 0. The van der Waals surface area contributed by atoms with Crippen LogP contribution in [0.3, 0.4) is 0 Å². The molecule has 1 aromatic carbocycles. The van der Waals surface area contributed by atoms with Gasteiger partial charge in [-0.15, -0.1) is 0 Å². The summed E-state index contributed by atoms with van der Waals surface area (Å²) in [7, 11) is 0. The zero-order chi connectivity index (χ0) is 12.1. The second-order valence-corrected chi connectivity index (χ2v) is 3.22. The molecule has 0 N–H and O–H groups in total. The number of nitriles is 1. The molecule has 0 heterocycles. The van der Waals surface area contributed by atoms with Crippen LogP contribution in [0.5, 0.6) is 0 Å². The first kappa shape index (κ1) is 11.9. The summed E-state index contributed by atoms with van der Waals surface area (Å²) in [6.07, 6.45) is 0.595. The largest absolute Gasteiger partial charge is 0.390 e. The maximum Gasteiger partial charge on any atom is 0.346 e. The minimum absolute atomic E-state index is 0.330. The molecular formula is C12H11NO3. The first-order valence-corrected chi connectivity index (χ1v) is 4.84. The molecular weight excluding hydrogens is 206 g/mol. The van der Waals surface area contributed by atoms with Gasteiger partial charge in [0.2, 0.25) is 0 Å². The lowest BCUT2D eigenvalue weighted by Crippen LogP contribution is -2.11. The standard InChI is InChI=1S/C12H11NO3/c1-3-10-6-9(7-13)4-5-11(10)12(15)16-8(2)14/h4-6H,3H2,1-2H3. The highest BCUT2D eigenvalue weighted by molar-refractivity contribution is 5.97. The molecule has 0 fully saturated rings. The molecule has 0 bridgehead atoms. The Labute approximate surface area is 93.5 Å². The van der Waals surface area contributed by atoms with Gasteiger partial charge in [-0.2, -0.15) is 5.26 Å². The van der Waals surface area contributed by atoms with E-state index in [9.17, 15) is 9.59 Å². The lowest BCUT2D eigenvalue weighted by atomic mass is 10.0. The highest BCUT2D eigenvalue weighted by Crippen LogP contribution is 2.14. The Hall–Kier alpha value is -2.15. The van der Waals surface area contributed by atoms with E-state index in [1.54, 1.807) is 6.07 Å². The predicted octanol–water partition coefficient (Wildman–Crippen LogP) is 1.82. The quantitative estimate of drug-likeness (QED) is 0.559. The van der Waals surface area contributed by atoms with E-state index in [0.29, 0.717) is 23.1 Å². The molecule has 0 saturated heterocycles. The molecule has 0 aliphatic heterocycles. The van der Waals surface area contributed by atoms with Gasteiger partial charge in [-0.25, -0.2) is 4.79 Å². The van der Waals surface area contributed by atoms with Gasteiger partial charge in [-0.3, -0.25) is 4.79 Å². The lowest BCUT2D eigenvalue weighted by Gasteiger charge is -2.06. The van der Waals surface area contributed by atoms with E-state index in [2.05, 4.69) is 4.74 Å². The van der Waals surface area contributed by atoms with Crippen LogP contribution in [-0.2, 0) is 16.0 Å². The molecule has 0 aromatic heterocycles. The monoisotopic (exact) mass is 217 g/mol. The van der Waals surface area contributed by atoms with Crippen LogP contribution in [-0.4, -0.2) is 11.9 Å². The van der Waals surface area contributed by atoms with Crippen molar-refractivity contribution in [2.24, 2.45) is 0 Å². The summed E-state index contributed by atoms with van der Waals surface area (Å²) in [5.74, 6) is -1.31. The fraction of sp³-hybridized carbons (Fsp3) is 0.250. The third-order valence-corrected chi connectivity index (χ3v) is 2.07. The molecule has 0 aliphatic carbocycles. The van der Waals surface area contributed by atoms with Crippen LogP contribution in [0.15, 0.2) is 18.2 Å². The zero-order valence-corrected chi connectivity index (χ0v) is 9.11. The number of rotatable bonds is 2. The molecule has 82 valence electrons. The van der Waals surface area contributed by atoms with Gasteiger partial charge in [0.25, 0.3) is 0 Å². The third-order valence-electron chi connectivity index (χ3n) is 2.07. The van der Waals surface area contributed by atoms with Crippen LogP contribution in [0.2, 0.25) is 0 Å². The highest BCUT2D eigenvalue weighted by Gasteiger charge is 2.14. The van der Waals surface area contributed by atoms with Crippen molar-refractivity contribution in [3.05, 3.63) is 34.9 Å². The second-order valence-electron chi connectivity index (χ2n) is 3.22. The molecule has 0 atom stereocenters. The van der Waals surface area contributed by atoms with Gasteiger partial charge < -0.3 is 4.74 Å². The minimum Gasteiger partial charge on any atom is -0.390 e. The van der Waals surface area contributed by atoms with Crippen molar-refractivity contribution >= 4 is 11.9 Å². The summed E-state index contributed by atoms with van der Waals surface area (Å²) >= 11 is 0. The number of aryl methyl sites for hydroxylation is 1. The molecule has 0 aliphatic rings. The number of carbonyl (C=O) groups excluding carboxylic acids is 2. The second kappa shape index (κ2) is 5.08. The van der Waals surface area contributed by atoms with E-state index in [1.807, 2.05) is 13.0 Å². The molecule has 4 nitrogen and oxygen atoms in total. The fourth-order valence-corrected chi connectivity index (χ4v) is 1.34. The SMILES string of the molecule is CCc1cc(C#N)ccc1C(=O)OC(C)=O. The normalized spacial score (nSPS) is 9.31. The third kappa shape index (κ3) is 2.67. The summed E-state index contributed by atoms with van der Waals surface area (Å²) in [5, 5.41) is 8.71. The Morgan fingerprint density at radius 2 is 2.12 bits per heavy atom. The topological polar surface area (TPSA) is 67.2 Å². The Morgan fingerprint density at radius 3 is 2.62 bits per heavy atom. The van der Waals surface area contributed by atoms with E-state index in [-0.39, 0.29) is 0 Å². The Bertz CT molecular complexity index is 472. The molecule has 1 rings (SSSR count). The van der Waals surface area contributed by atoms with E-state index < -0.39 is 11.9 Å². The molecule has 0 spiro atoms. The van der Waals surface area contributed by atoms with Crippen LogP contribution in [0.4, 0.5) is 0 Å². The number of ether oxygens (including phenoxy) is 1. The van der Waals surface area contributed by atoms with Gasteiger partial charge in [0.15, 0.2) is 0 Å². The van der Waals surface area contributed by atoms with Crippen molar-refractivity contribution in [2.75, 3.05) is 0 Å². The van der Waals surface area contributed by atoms with Gasteiger partial charge in [0, 0.05) is 6.92 Å². The molecule has 0 unspecified atom stereocenters. The lowest BCUT2D eigenvalue weighted by molar-refractivity contribution is -0.135. The molecule has 0 saturated carbocycles. The van der Waals surface area contributed by atoms with Gasteiger partial charge in [-0.05, 0) is 30.2 Å². The fourth-order valence-electron chi connectivity index (χ4n) is 1.34. The summed E-state index contributed by atoms with van der Waals surface area (Å²) in [6, 6.07) is 6.64. The smallest absolute Gasteiger partial charge is 0.346 e. The highest BCUT2D eigenvalue weighted by atomic mass is 16.6. The number of esters is 2. The van der Waals surface area contributed by atoms with E-state index in [4.69, 9.17) is 5.26 Å². The zero-order valence-electron chi connectivity index (χ0n) is 9.11. The summed E-state index contributed by atoms with van der Waals surface area (Å²) in [5.41, 5.74) is 1.51. The van der Waals surface area contributed by atoms with Crippen molar-refractivity contribution < 1.29 is 14.3 Å². The predicted molar refractivity (Wildman–Crippen MR) is 56.6 cm³/mol. The number of nitrogens with zero attached hydrogens (tertiary/aromatic N) is 1. The van der Waals surface area contributed by atoms with Crippen molar-refractivity contribution in [3.8, 4) is 6.07 Å². The van der Waals surface area contributed by atoms with E-state index >= 15 is 0 Å². The van der Waals surface area contributed by atoms with E-state index in [1.165, 1.54) is 19.1 Å². The summed E-state index contributed by atoms with van der Waals surface area (Å²) in [6.45, 7) is 3.04. The molecule has 1 aromatic rings. The van der Waals surface area contributed by atoms with Gasteiger partial charge >= 0.3 is 11.9 Å². The minimum atomic E-state index is -0.672.